The van der Waals surface area contributed by atoms with Gasteiger partial charge in [0.2, 0.25) is 0 Å². The number of halogens is 2. The Hall–Kier alpha value is -2.54. The molecule has 0 bridgehead atoms. The first kappa shape index (κ1) is 24.1. The van der Waals surface area contributed by atoms with Gasteiger partial charge in [-0.2, -0.15) is 0 Å². The van der Waals surface area contributed by atoms with Crippen molar-refractivity contribution in [2.24, 2.45) is 0 Å². The highest BCUT2D eigenvalue weighted by Gasteiger charge is 2.22. The summed E-state index contributed by atoms with van der Waals surface area (Å²) in [5.41, 5.74) is 1.29. The van der Waals surface area contributed by atoms with Gasteiger partial charge in [0.25, 0.3) is 5.91 Å². The largest absolute Gasteiger partial charge is 0.351 e. The molecule has 3 N–H and O–H groups in total. The van der Waals surface area contributed by atoms with Gasteiger partial charge in [0.15, 0.2) is 15.0 Å². The number of hydrogen-bond acceptors (Lipinski definition) is 7. The SMILES string of the molecule is CS(=O)(=O)c1csc(C(=O)NCCc2csc(NC(=O)NCc3cccc(F)c3)n2)c1Cl. The van der Waals surface area contributed by atoms with Gasteiger partial charge in [0, 0.05) is 36.5 Å². The van der Waals surface area contributed by atoms with Gasteiger partial charge in [-0.05, 0) is 17.7 Å². The molecule has 0 aliphatic rings. The second-order valence-corrected chi connectivity index (χ2v) is 10.7. The van der Waals surface area contributed by atoms with Gasteiger partial charge in [0.05, 0.1) is 15.6 Å². The lowest BCUT2D eigenvalue weighted by molar-refractivity contribution is 0.0958. The van der Waals surface area contributed by atoms with Crippen LogP contribution in [0.4, 0.5) is 14.3 Å². The van der Waals surface area contributed by atoms with Crippen LogP contribution in [0.2, 0.25) is 5.02 Å². The molecule has 0 spiro atoms. The van der Waals surface area contributed by atoms with E-state index in [0.29, 0.717) is 22.8 Å². The number of urea groups is 1. The fraction of sp³-hybridized carbons (Fsp3) is 0.211. The topological polar surface area (TPSA) is 117 Å². The minimum Gasteiger partial charge on any atom is -0.351 e. The summed E-state index contributed by atoms with van der Waals surface area (Å²) < 4.78 is 36.4. The van der Waals surface area contributed by atoms with Crippen LogP contribution >= 0.6 is 34.3 Å². The highest BCUT2D eigenvalue weighted by Crippen LogP contribution is 2.31. The average Bonchev–Trinajstić information content (AvgIpc) is 3.32. The van der Waals surface area contributed by atoms with Crippen molar-refractivity contribution in [1.29, 1.82) is 0 Å². The van der Waals surface area contributed by atoms with Crippen molar-refractivity contribution in [2.45, 2.75) is 17.9 Å². The standard InChI is InChI=1S/C19H18ClFN4O4S3/c1-32(28,29)14-10-30-16(15(14)20)17(26)22-6-5-13-9-31-19(24-13)25-18(27)23-8-11-3-2-4-12(21)7-11/h2-4,7,9-10H,5-6,8H2,1H3,(H,22,26)(H2,23,24,25,27). The van der Waals surface area contributed by atoms with E-state index >= 15 is 0 Å². The van der Waals surface area contributed by atoms with Crippen LogP contribution in [0.5, 0.6) is 0 Å². The van der Waals surface area contributed by atoms with Gasteiger partial charge < -0.3 is 10.6 Å². The van der Waals surface area contributed by atoms with Crippen molar-refractivity contribution in [3.63, 3.8) is 0 Å². The summed E-state index contributed by atoms with van der Waals surface area (Å²) in [5.74, 6) is -0.848. The summed E-state index contributed by atoms with van der Waals surface area (Å²) >= 11 is 8.20. The molecule has 0 aliphatic carbocycles. The molecule has 0 unspecified atom stereocenters. The number of carbonyl (C=O) groups is 2. The van der Waals surface area contributed by atoms with Crippen LogP contribution in [0.15, 0.2) is 39.9 Å². The lowest BCUT2D eigenvalue weighted by Gasteiger charge is -2.05. The zero-order valence-electron chi connectivity index (χ0n) is 16.6. The number of benzene rings is 1. The van der Waals surface area contributed by atoms with Crippen molar-refractivity contribution < 1.29 is 22.4 Å². The molecular weight excluding hydrogens is 499 g/mol. The van der Waals surface area contributed by atoms with Crippen molar-refractivity contribution >= 4 is 61.2 Å². The molecule has 3 aromatic rings. The van der Waals surface area contributed by atoms with E-state index in [2.05, 4.69) is 20.9 Å². The molecule has 1 aromatic carbocycles. The van der Waals surface area contributed by atoms with Crippen molar-refractivity contribution in [3.05, 3.63) is 62.0 Å². The molecule has 3 rings (SSSR count). The Balaban J connectivity index is 1.45. The fourth-order valence-electron chi connectivity index (χ4n) is 2.57. The minimum atomic E-state index is -3.51. The monoisotopic (exact) mass is 516 g/mol. The van der Waals surface area contributed by atoms with Crippen LogP contribution in [0.3, 0.4) is 0 Å². The predicted octanol–water partition coefficient (Wildman–Crippen LogP) is 3.69. The van der Waals surface area contributed by atoms with Gasteiger partial charge in [-0.3, -0.25) is 10.1 Å². The molecule has 170 valence electrons. The smallest absolute Gasteiger partial charge is 0.321 e. The Labute approximate surface area is 196 Å². The van der Waals surface area contributed by atoms with E-state index in [1.54, 1.807) is 17.5 Å². The Morgan fingerprint density at radius 2 is 1.97 bits per heavy atom. The van der Waals surface area contributed by atoms with E-state index in [1.165, 1.54) is 28.8 Å². The molecular formula is C19H18ClFN4O4S3. The zero-order valence-corrected chi connectivity index (χ0v) is 19.9. The van der Waals surface area contributed by atoms with E-state index in [1.807, 2.05) is 0 Å². The van der Waals surface area contributed by atoms with Gasteiger partial charge in [-0.1, -0.05) is 23.7 Å². The van der Waals surface area contributed by atoms with E-state index in [-0.39, 0.29) is 33.7 Å². The van der Waals surface area contributed by atoms with E-state index < -0.39 is 21.8 Å². The number of hydrogen-bond donors (Lipinski definition) is 3. The fourth-order valence-corrected chi connectivity index (χ4v) is 6.14. The summed E-state index contributed by atoms with van der Waals surface area (Å²) in [6, 6.07) is 5.45. The third kappa shape index (κ3) is 6.48. The number of nitrogens with one attached hydrogen (secondary N) is 3. The minimum absolute atomic E-state index is 0.0693. The first-order chi connectivity index (χ1) is 15.1. The van der Waals surface area contributed by atoms with Crippen LogP contribution < -0.4 is 16.0 Å². The van der Waals surface area contributed by atoms with Gasteiger partial charge in [0.1, 0.15) is 10.7 Å². The predicted molar refractivity (Wildman–Crippen MR) is 123 cm³/mol. The third-order valence-corrected chi connectivity index (χ3v) is 7.76. The number of carbonyl (C=O) groups excluding carboxylic acids is 2. The Bertz CT molecular complexity index is 1240. The first-order valence-corrected chi connectivity index (χ1v) is 13.2. The zero-order chi connectivity index (χ0) is 23.3. The third-order valence-electron chi connectivity index (χ3n) is 4.09. The van der Waals surface area contributed by atoms with Gasteiger partial charge in [-0.15, -0.1) is 22.7 Å². The van der Waals surface area contributed by atoms with Gasteiger partial charge >= 0.3 is 6.03 Å². The van der Waals surface area contributed by atoms with Crippen molar-refractivity contribution in [2.75, 3.05) is 18.1 Å². The Kier molecular flexibility index (Phi) is 7.82. The Morgan fingerprint density at radius 3 is 2.66 bits per heavy atom. The van der Waals surface area contributed by atoms with Crippen molar-refractivity contribution in [1.82, 2.24) is 15.6 Å². The Morgan fingerprint density at radius 1 is 1.19 bits per heavy atom. The second-order valence-electron chi connectivity index (χ2n) is 6.60. The molecule has 2 heterocycles. The summed E-state index contributed by atoms with van der Waals surface area (Å²) in [6.07, 6.45) is 1.43. The maximum atomic E-state index is 13.2. The van der Waals surface area contributed by atoms with Crippen LogP contribution in [0.1, 0.15) is 20.9 Å². The lowest BCUT2D eigenvalue weighted by Crippen LogP contribution is -2.28. The van der Waals surface area contributed by atoms with Crippen molar-refractivity contribution in [3.8, 4) is 0 Å². The summed E-state index contributed by atoms with van der Waals surface area (Å²) in [6.45, 7) is 0.413. The molecule has 0 saturated heterocycles. The summed E-state index contributed by atoms with van der Waals surface area (Å²) in [7, 11) is -3.51. The van der Waals surface area contributed by atoms with Crippen LogP contribution in [-0.4, -0.2) is 38.1 Å². The number of sulfone groups is 1. The van der Waals surface area contributed by atoms with Crippen LogP contribution in [-0.2, 0) is 22.8 Å². The lowest BCUT2D eigenvalue weighted by atomic mass is 10.2. The highest BCUT2D eigenvalue weighted by molar-refractivity contribution is 7.91. The number of thiophene rings is 1. The molecule has 3 amide bonds. The molecule has 13 heteroatoms. The summed E-state index contributed by atoms with van der Waals surface area (Å²) in [4.78, 5) is 28.6. The average molecular weight is 517 g/mol. The number of thiazole rings is 1. The number of rotatable bonds is 8. The molecule has 0 aliphatic heterocycles. The molecule has 0 atom stereocenters. The first-order valence-electron chi connectivity index (χ1n) is 9.12. The highest BCUT2D eigenvalue weighted by atomic mass is 35.5. The number of nitrogens with zero attached hydrogens (tertiary/aromatic N) is 1. The quantitative estimate of drug-likeness (QED) is 0.422. The molecule has 8 nitrogen and oxygen atoms in total. The number of amides is 3. The van der Waals surface area contributed by atoms with Crippen LogP contribution in [0.25, 0.3) is 0 Å². The maximum Gasteiger partial charge on any atom is 0.321 e. The maximum absolute atomic E-state index is 13.2. The van der Waals surface area contributed by atoms with Crippen LogP contribution in [0, 0.1) is 5.82 Å². The number of anilines is 1. The van der Waals surface area contributed by atoms with Gasteiger partial charge in [-0.25, -0.2) is 22.6 Å². The molecule has 2 aromatic heterocycles. The molecule has 32 heavy (non-hydrogen) atoms. The second kappa shape index (κ2) is 10.4. The molecule has 0 radical (unpaired) electrons. The van der Waals surface area contributed by atoms with E-state index in [0.717, 1.165) is 17.6 Å². The summed E-state index contributed by atoms with van der Waals surface area (Å²) in [5, 5.41) is 11.3. The van der Waals surface area contributed by atoms with E-state index in [9.17, 15) is 22.4 Å². The molecule has 0 saturated carbocycles. The molecule has 0 fully saturated rings. The normalized spacial score (nSPS) is 11.2. The number of aromatic nitrogens is 1. The van der Waals surface area contributed by atoms with E-state index in [4.69, 9.17) is 11.6 Å².